The van der Waals surface area contributed by atoms with Gasteiger partial charge in [-0.3, -0.25) is 10.1 Å². The Balaban J connectivity index is 1.41. The van der Waals surface area contributed by atoms with Crippen molar-refractivity contribution in [3.63, 3.8) is 0 Å². The van der Waals surface area contributed by atoms with Gasteiger partial charge in [-0.15, -0.1) is 0 Å². The van der Waals surface area contributed by atoms with Crippen molar-refractivity contribution < 1.29 is 4.39 Å². The molecule has 0 aliphatic heterocycles. The molecule has 0 bridgehead atoms. The highest BCUT2D eigenvalue weighted by atomic mass is 19.1. The zero-order valence-corrected chi connectivity index (χ0v) is 20.3. The van der Waals surface area contributed by atoms with E-state index in [1.807, 2.05) is 44.4 Å². The van der Waals surface area contributed by atoms with Crippen LogP contribution in [0.4, 0.5) is 10.1 Å². The lowest BCUT2D eigenvalue weighted by Gasteiger charge is -2.12. The van der Waals surface area contributed by atoms with Gasteiger partial charge in [0.2, 0.25) is 0 Å². The molecule has 5 aromatic heterocycles. The maximum atomic E-state index is 14.6. The molecule has 0 radical (unpaired) electrons. The maximum absolute atomic E-state index is 14.6. The number of hydrogen-bond donors (Lipinski definition) is 3. The molecule has 3 N–H and O–H groups in total. The zero-order valence-electron chi connectivity index (χ0n) is 20.3. The Bertz CT molecular complexity index is 1710. The molecule has 184 valence electrons. The molecule has 0 aliphatic carbocycles. The molecule has 5 heterocycles. The third-order valence-corrected chi connectivity index (χ3v) is 6.13. The Hall–Kier alpha value is -4.70. The summed E-state index contributed by atoms with van der Waals surface area (Å²) in [6, 6.07) is 12.7. The standard InChI is InChI=1S/C27H24FN9/c1-37(2)8-7-31-19-10-16(9-18(28)11-19)25-20-12-24(33-22(20)5-6-32-25)27-26-23(35-36-27)4-3-21(34-26)17-13-29-15-30-14-17/h3-6,9-15,31,33H,7-8H2,1-2H3,(H,35,36). The summed E-state index contributed by atoms with van der Waals surface area (Å²) in [6.07, 6.45) is 6.66. The lowest BCUT2D eigenvalue weighted by atomic mass is 10.1. The van der Waals surface area contributed by atoms with Crippen LogP contribution in [0, 0.1) is 5.82 Å². The van der Waals surface area contributed by atoms with Crippen molar-refractivity contribution in [3.05, 3.63) is 73.2 Å². The number of aromatic nitrogens is 7. The fraction of sp³-hybridized carbons (Fsp3) is 0.148. The number of nitrogens with one attached hydrogen (secondary N) is 3. The van der Waals surface area contributed by atoms with Crippen molar-refractivity contribution in [2.24, 2.45) is 0 Å². The predicted molar refractivity (Wildman–Crippen MR) is 142 cm³/mol. The summed E-state index contributed by atoms with van der Waals surface area (Å²) in [5, 5.41) is 11.7. The van der Waals surface area contributed by atoms with Crippen LogP contribution in [0.15, 0.2) is 67.4 Å². The topological polar surface area (TPSA) is 111 Å². The molecule has 10 heteroatoms. The molecule has 6 rings (SSSR count). The molecular weight excluding hydrogens is 469 g/mol. The number of halogens is 1. The van der Waals surface area contributed by atoms with E-state index >= 15 is 0 Å². The van der Waals surface area contributed by atoms with Crippen LogP contribution in [0.5, 0.6) is 0 Å². The fourth-order valence-corrected chi connectivity index (χ4v) is 4.34. The van der Waals surface area contributed by atoms with Gasteiger partial charge in [-0.2, -0.15) is 5.10 Å². The van der Waals surface area contributed by atoms with E-state index in [0.717, 1.165) is 45.4 Å². The third kappa shape index (κ3) is 4.50. The van der Waals surface area contributed by atoms with E-state index in [9.17, 15) is 4.39 Å². The summed E-state index contributed by atoms with van der Waals surface area (Å²) in [6.45, 7) is 1.55. The summed E-state index contributed by atoms with van der Waals surface area (Å²) in [5.41, 5.74) is 7.54. The number of nitrogens with zero attached hydrogens (tertiary/aromatic N) is 6. The monoisotopic (exact) mass is 493 g/mol. The van der Waals surface area contributed by atoms with Gasteiger partial charge < -0.3 is 15.2 Å². The van der Waals surface area contributed by atoms with E-state index in [4.69, 9.17) is 4.98 Å². The van der Waals surface area contributed by atoms with Crippen LogP contribution in [0.25, 0.3) is 55.8 Å². The summed E-state index contributed by atoms with van der Waals surface area (Å²) in [5.74, 6) is -0.320. The number of anilines is 1. The van der Waals surface area contributed by atoms with Crippen molar-refractivity contribution in [1.29, 1.82) is 0 Å². The minimum Gasteiger partial charge on any atom is -0.384 e. The molecule has 0 saturated carbocycles. The van der Waals surface area contributed by atoms with Gasteiger partial charge in [0.15, 0.2) is 0 Å². The van der Waals surface area contributed by atoms with E-state index in [0.29, 0.717) is 29.2 Å². The lowest BCUT2D eigenvalue weighted by Crippen LogP contribution is -2.20. The number of aromatic amines is 2. The van der Waals surface area contributed by atoms with Crippen LogP contribution in [-0.2, 0) is 0 Å². The number of likely N-dealkylation sites (N-methyl/N-ethyl adjacent to an activating group) is 1. The van der Waals surface area contributed by atoms with Gasteiger partial charge in [0.25, 0.3) is 0 Å². The molecule has 0 spiro atoms. The first kappa shape index (κ1) is 22.7. The Morgan fingerprint density at radius 2 is 1.81 bits per heavy atom. The lowest BCUT2D eigenvalue weighted by molar-refractivity contribution is 0.425. The van der Waals surface area contributed by atoms with Crippen molar-refractivity contribution in [1.82, 2.24) is 40.0 Å². The summed E-state index contributed by atoms with van der Waals surface area (Å²) in [4.78, 5) is 23.1. The fourth-order valence-electron chi connectivity index (χ4n) is 4.34. The number of hydrogen-bond acceptors (Lipinski definition) is 7. The average molecular weight is 494 g/mol. The molecule has 1 aromatic carbocycles. The summed E-state index contributed by atoms with van der Waals surface area (Å²) in [7, 11) is 4.00. The van der Waals surface area contributed by atoms with Crippen LogP contribution in [-0.4, -0.2) is 67.2 Å². The molecule has 0 amide bonds. The molecule has 0 aliphatic rings. The third-order valence-electron chi connectivity index (χ3n) is 6.13. The number of H-pyrrole nitrogens is 2. The molecule has 0 fully saturated rings. The minimum atomic E-state index is -0.320. The van der Waals surface area contributed by atoms with E-state index in [1.165, 1.54) is 18.5 Å². The normalized spacial score (nSPS) is 11.6. The predicted octanol–water partition coefficient (Wildman–Crippen LogP) is 4.74. The highest BCUT2D eigenvalue weighted by Crippen LogP contribution is 2.34. The van der Waals surface area contributed by atoms with E-state index < -0.39 is 0 Å². The van der Waals surface area contributed by atoms with Crippen molar-refractivity contribution >= 4 is 27.6 Å². The van der Waals surface area contributed by atoms with E-state index in [-0.39, 0.29) is 5.82 Å². The van der Waals surface area contributed by atoms with Gasteiger partial charge in [0.1, 0.15) is 23.4 Å². The highest BCUT2D eigenvalue weighted by molar-refractivity contribution is 5.99. The van der Waals surface area contributed by atoms with Gasteiger partial charge >= 0.3 is 0 Å². The molecular formula is C27H24FN9. The Kier molecular flexibility index (Phi) is 5.78. The molecule has 0 atom stereocenters. The molecule has 37 heavy (non-hydrogen) atoms. The van der Waals surface area contributed by atoms with Crippen molar-refractivity contribution in [2.45, 2.75) is 0 Å². The molecule has 9 nitrogen and oxygen atoms in total. The van der Waals surface area contributed by atoms with Crippen LogP contribution in [0.2, 0.25) is 0 Å². The first-order valence-electron chi connectivity index (χ1n) is 11.8. The first-order valence-corrected chi connectivity index (χ1v) is 11.8. The average Bonchev–Trinajstić information content (AvgIpc) is 3.52. The van der Waals surface area contributed by atoms with Gasteiger partial charge in [-0.05, 0) is 56.6 Å². The highest BCUT2D eigenvalue weighted by Gasteiger charge is 2.16. The number of rotatable bonds is 7. The Morgan fingerprint density at radius 3 is 2.65 bits per heavy atom. The van der Waals surface area contributed by atoms with Gasteiger partial charge in [-0.25, -0.2) is 19.3 Å². The van der Waals surface area contributed by atoms with Crippen LogP contribution < -0.4 is 5.32 Å². The van der Waals surface area contributed by atoms with Gasteiger partial charge in [0, 0.05) is 59.4 Å². The SMILES string of the molecule is CN(C)CCNc1cc(F)cc(-c2nccc3[nH]c(-c4n[nH]c5ccc(-c6cncnc6)nc45)cc23)c1. The largest absolute Gasteiger partial charge is 0.384 e. The smallest absolute Gasteiger partial charge is 0.135 e. The Labute approximate surface area is 211 Å². The first-order chi connectivity index (χ1) is 18.0. The zero-order chi connectivity index (χ0) is 25.4. The van der Waals surface area contributed by atoms with Crippen LogP contribution in [0.1, 0.15) is 0 Å². The van der Waals surface area contributed by atoms with E-state index in [1.54, 1.807) is 18.6 Å². The van der Waals surface area contributed by atoms with Gasteiger partial charge in [0.05, 0.1) is 22.6 Å². The second kappa shape index (κ2) is 9.40. The summed E-state index contributed by atoms with van der Waals surface area (Å²) < 4.78 is 14.6. The number of fused-ring (bicyclic) bond motifs is 2. The minimum absolute atomic E-state index is 0.320. The quantitative estimate of drug-likeness (QED) is 0.295. The maximum Gasteiger partial charge on any atom is 0.135 e. The molecule has 6 aromatic rings. The number of benzene rings is 1. The van der Waals surface area contributed by atoms with E-state index in [2.05, 4.69) is 40.3 Å². The van der Waals surface area contributed by atoms with Crippen molar-refractivity contribution in [2.75, 3.05) is 32.5 Å². The Morgan fingerprint density at radius 1 is 0.946 bits per heavy atom. The second-order valence-electron chi connectivity index (χ2n) is 9.05. The van der Waals surface area contributed by atoms with Gasteiger partial charge in [-0.1, -0.05) is 0 Å². The van der Waals surface area contributed by atoms with Crippen LogP contribution in [0.3, 0.4) is 0 Å². The number of pyridine rings is 2. The van der Waals surface area contributed by atoms with Crippen molar-refractivity contribution in [3.8, 4) is 33.9 Å². The summed E-state index contributed by atoms with van der Waals surface area (Å²) >= 11 is 0. The second-order valence-corrected chi connectivity index (χ2v) is 9.05. The molecule has 0 unspecified atom stereocenters. The van der Waals surface area contributed by atoms with Crippen LogP contribution >= 0.6 is 0 Å². The molecule has 0 saturated heterocycles.